The smallest absolute Gasteiger partial charge is 0.207 e. The molecule has 0 spiro atoms. The standard InChI is InChI=1S/C6H12N2O/c7-5-1-2-6(3-5)8-4-9/h4-6H,1-3,7H2,(H,8,9). The van der Waals surface area contributed by atoms with Crippen molar-refractivity contribution in [1.82, 2.24) is 5.32 Å². The molecule has 3 N–H and O–H groups in total. The summed E-state index contributed by atoms with van der Waals surface area (Å²) >= 11 is 0. The van der Waals surface area contributed by atoms with Gasteiger partial charge in [-0.05, 0) is 19.3 Å². The molecule has 1 saturated carbocycles. The quantitative estimate of drug-likeness (QED) is 0.498. The molecule has 0 aromatic carbocycles. The first-order chi connectivity index (χ1) is 4.33. The fourth-order valence-electron chi connectivity index (χ4n) is 1.26. The maximum atomic E-state index is 9.92. The first-order valence-corrected chi connectivity index (χ1v) is 3.28. The first kappa shape index (κ1) is 6.55. The summed E-state index contributed by atoms with van der Waals surface area (Å²) in [6.07, 6.45) is 3.78. The SMILES string of the molecule is NC1CCC(NC=O)C1. The lowest BCUT2D eigenvalue weighted by Crippen LogP contribution is -2.26. The molecule has 1 amide bonds. The summed E-state index contributed by atoms with van der Waals surface area (Å²) in [4.78, 5) is 9.92. The van der Waals surface area contributed by atoms with Gasteiger partial charge >= 0.3 is 0 Å². The normalized spacial score (nSPS) is 34.3. The lowest BCUT2D eigenvalue weighted by molar-refractivity contribution is -0.110. The van der Waals surface area contributed by atoms with Gasteiger partial charge in [-0.15, -0.1) is 0 Å². The van der Waals surface area contributed by atoms with Crippen molar-refractivity contribution < 1.29 is 4.79 Å². The highest BCUT2D eigenvalue weighted by molar-refractivity contribution is 5.46. The maximum Gasteiger partial charge on any atom is 0.207 e. The predicted molar refractivity (Wildman–Crippen MR) is 34.8 cm³/mol. The van der Waals surface area contributed by atoms with Crippen molar-refractivity contribution in [3.8, 4) is 0 Å². The summed E-state index contributed by atoms with van der Waals surface area (Å²) in [5.41, 5.74) is 5.60. The molecule has 52 valence electrons. The number of hydrogen-bond donors (Lipinski definition) is 2. The zero-order valence-electron chi connectivity index (χ0n) is 5.34. The Labute approximate surface area is 54.6 Å². The molecule has 1 fully saturated rings. The minimum absolute atomic E-state index is 0.308. The van der Waals surface area contributed by atoms with E-state index in [0.29, 0.717) is 12.1 Å². The van der Waals surface area contributed by atoms with E-state index in [0.717, 1.165) is 25.7 Å². The lowest BCUT2D eigenvalue weighted by atomic mass is 10.2. The van der Waals surface area contributed by atoms with Crippen LogP contribution in [-0.2, 0) is 4.79 Å². The molecule has 1 aliphatic rings. The van der Waals surface area contributed by atoms with Gasteiger partial charge in [0.1, 0.15) is 0 Å². The van der Waals surface area contributed by atoms with Crippen LogP contribution in [0.1, 0.15) is 19.3 Å². The molecule has 0 heterocycles. The minimum Gasteiger partial charge on any atom is -0.356 e. The molecule has 2 unspecified atom stereocenters. The van der Waals surface area contributed by atoms with Crippen LogP contribution in [0.5, 0.6) is 0 Å². The summed E-state index contributed by atoms with van der Waals surface area (Å²) in [6.45, 7) is 0. The van der Waals surface area contributed by atoms with Gasteiger partial charge in [0.2, 0.25) is 6.41 Å². The van der Waals surface area contributed by atoms with E-state index < -0.39 is 0 Å². The highest BCUT2D eigenvalue weighted by atomic mass is 16.1. The third-order valence-corrected chi connectivity index (χ3v) is 1.78. The molecule has 1 aliphatic carbocycles. The molecule has 0 aromatic heterocycles. The number of hydrogen-bond acceptors (Lipinski definition) is 2. The molecule has 2 atom stereocenters. The van der Waals surface area contributed by atoms with E-state index in [4.69, 9.17) is 5.73 Å². The molecule has 0 aliphatic heterocycles. The second-order valence-electron chi connectivity index (χ2n) is 2.55. The third kappa shape index (κ3) is 1.68. The lowest BCUT2D eigenvalue weighted by Gasteiger charge is -2.05. The number of nitrogens with one attached hydrogen (secondary N) is 1. The molecule has 0 saturated heterocycles. The Morgan fingerprint density at radius 2 is 2.33 bits per heavy atom. The van der Waals surface area contributed by atoms with E-state index >= 15 is 0 Å². The van der Waals surface area contributed by atoms with Crippen molar-refractivity contribution in [3.63, 3.8) is 0 Å². The van der Waals surface area contributed by atoms with Crippen LogP contribution < -0.4 is 11.1 Å². The van der Waals surface area contributed by atoms with E-state index in [1.165, 1.54) is 0 Å². The van der Waals surface area contributed by atoms with E-state index in [2.05, 4.69) is 5.32 Å². The van der Waals surface area contributed by atoms with Crippen molar-refractivity contribution in [2.75, 3.05) is 0 Å². The summed E-state index contributed by atoms with van der Waals surface area (Å²) < 4.78 is 0. The number of nitrogens with two attached hydrogens (primary N) is 1. The van der Waals surface area contributed by atoms with Crippen molar-refractivity contribution >= 4 is 6.41 Å². The molecular weight excluding hydrogens is 116 g/mol. The van der Waals surface area contributed by atoms with Crippen LogP contribution in [0.4, 0.5) is 0 Å². The van der Waals surface area contributed by atoms with Crippen molar-refractivity contribution in [1.29, 1.82) is 0 Å². The third-order valence-electron chi connectivity index (χ3n) is 1.78. The second-order valence-corrected chi connectivity index (χ2v) is 2.55. The highest BCUT2D eigenvalue weighted by Crippen LogP contribution is 2.15. The monoisotopic (exact) mass is 128 g/mol. The first-order valence-electron chi connectivity index (χ1n) is 3.28. The van der Waals surface area contributed by atoms with E-state index in [1.807, 2.05) is 0 Å². The van der Waals surface area contributed by atoms with Gasteiger partial charge in [0.25, 0.3) is 0 Å². The van der Waals surface area contributed by atoms with E-state index in [9.17, 15) is 4.79 Å². The van der Waals surface area contributed by atoms with Gasteiger partial charge in [0, 0.05) is 12.1 Å². The Kier molecular flexibility index (Phi) is 2.05. The number of amides is 1. The fraction of sp³-hybridized carbons (Fsp3) is 0.833. The van der Waals surface area contributed by atoms with Crippen LogP contribution in [0.15, 0.2) is 0 Å². The van der Waals surface area contributed by atoms with Crippen LogP contribution >= 0.6 is 0 Å². The topological polar surface area (TPSA) is 55.1 Å². The summed E-state index contributed by atoms with van der Waals surface area (Å²) in [6, 6.07) is 0.653. The van der Waals surface area contributed by atoms with Gasteiger partial charge < -0.3 is 11.1 Å². The number of carbonyl (C=O) groups excluding carboxylic acids is 1. The Hall–Kier alpha value is -0.570. The van der Waals surface area contributed by atoms with Crippen molar-refractivity contribution in [3.05, 3.63) is 0 Å². The Balaban J connectivity index is 2.21. The Bertz CT molecular complexity index is 105. The molecule has 3 heteroatoms. The van der Waals surface area contributed by atoms with Crippen LogP contribution in [0.2, 0.25) is 0 Å². The van der Waals surface area contributed by atoms with Gasteiger partial charge in [-0.2, -0.15) is 0 Å². The zero-order chi connectivity index (χ0) is 6.69. The van der Waals surface area contributed by atoms with Gasteiger partial charge in [-0.25, -0.2) is 0 Å². The van der Waals surface area contributed by atoms with Crippen LogP contribution in [-0.4, -0.2) is 18.5 Å². The Morgan fingerprint density at radius 3 is 2.78 bits per heavy atom. The largest absolute Gasteiger partial charge is 0.356 e. The predicted octanol–water partition coefficient (Wildman–Crippen LogP) is -0.388. The van der Waals surface area contributed by atoms with E-state index in [-0.39, 0.29) is 0 Å². The number of rotatable bonds is 2. The van der Waals surface area contributed by atoms with Gasteiger partial charge in [-0.3, -0.25) is 4.79 Å². The highest BCUT2D eigenvalue weighted by Gasteiger charge is 2.20. The molecule has 0 radical (unpaired) electrons. The Morgan fingerprint density at radius 1 is 1.56 bits per heavy atom. The summed E-state index contributed by atoms with van der Waals surface area (Å²) in [5.74, 6) is 0. The second kappa shape index (κ2) is 2.82. The van der Waals surface area contributed by atoms with E-state index in [1.54, 1.807) is 0 Å². The molecule has 0 aromatic rings. The molecule has 3 nitrogen and oxygen atoms in total. The van der Waals surface area contributed by atoms with Crippen LogP contribution in [0.3, 0.4) is 0 Å². The zero-order valence-corrected chi connectivity index (χ0v) is 5.34. The van der Waals surface area contributed by atoms with Crippen molar-refractivity contribution in [2.24, 2.45) is 5.73 Å². The molecular formula is C6H12N2O. The number of carbonyl (C=O) groups is 1. The molecule has 1 rings (SSSR count). The maximum absolute atomic E-state index is 9.92. The van der Waals surface area contributed by atoms with Gasteiger partial charge in [-0.1, -0.05) is 0 Å². The van der Waals surface area contributed by atoms with Gasteiger partial charge in [0.05, 0.1) is 0 Å². The van der Waals surface area contributed by atoms with Crippen LogP contribution in [0, 0.1) is 0 Å². The summed E-state index contributed by atoms with van der Waals surface area (Å²) in [7, 11) is 0. The average molecular weight is 128 g/mol. The fourth-order valence-corrected chi connectivity index (χ4v) is 1.26. The molecule has 0 bridgehead atoms. The minimum atomic E-state index is 0.308. The van der Waals surface area contributed by atoms with Crippen molar-refractivity contribution in [2.45, 2.75) is 31.3 Å². The molecule has 9 heavy (non-hydrogen) atoms. The van der Waals surface area contributed by atoms with Gasteiger partial charge in [0.15, 0.2) is 0 Å². The summed E-state index contributed by atoms with van der Waals surface area (Å²) in [5, 5.41) is 2.71. The van der Waals surface area contributed by atoms with Crippen LogP contribution in [0.25, 0.3) is 0 Å². The average Bonchev–Trinajstić information content (AvgIpc) is 2.17.